The van der Waals surface area contributed by atoms with Crippen molar-refractivity contribution >= 4 is 38.9 Å². The summed E-state index contributed by atoms with van der Waals surface area (Å²) in [6.45, 7) is 6.56. The van der Waals surface area contributed by atoms with E-state index in [0.29, 0.717) is 0 Å². The van der Waals surface area contributed by atoms with E-state index in [-0.39, 0.29) is 0 Å². The molecular formula is C51H40N2. The van der Waals surface area contributed by atoms with Gasteiger partial charge in [-0.05, 0) is 91.6 Å². The topological polar surface area (TPSA) is 8.17 Å². The number of anilines is 3. The van der Waals surface area contributed by atoms with Crippen LogP contribution in [0.5, 0.6) is 0 Å². The molecule has 0 saturated carbocycles. The molecule has 0 fully saturated rings. The number of benzene rings is 8. The van der Waals surface area contributed by atoms with Gasteiger partial charge in [-0.25, -0.2) is 0 Å². The van der Waals surface area contributed by atoms with E-state index in [9.17, 15) is 0 Å². The molecule has 1 aromatic heterocycles. The number of aromatic nitrogens is 1. The molecular weight excluding hydrogens is 641 g/mol. The zero-order valence-electron chi connectivity index (χ0n) is 30.3. The first-order valence-corrected chi connectivity index (χ1v) is 18.4. The molecule has 254 valence electrons. The summed E-state index contributed by atoms with van der Waals surface area (Å²) in [5.74, 6) is 0. The average Bonchev–Trinajstić information content (AvgIpc) is 3.54. The van der Waals surface area contributed by atoms with Crippen molar-refractivity contribution in [2.24, 2.45) is 0 Å². The maximum absolute atomic E-state index is 2.47. The molecule has 0 N–H and O–H groups in total. The second-order valence-corrected chi connectivity index (χ2v) is 14.1. The van der Waals surface area contributed by atoms with E-state index < -0.39 is 0 Å². The van der Waals surface area contributed by atoms with Crippen molar-refractivity contribution in [3.8, 4) is 39.1 Å². The summed E-state index contributed by atoms with van der Waals surface area (Å²) < 4.78 is 2.47. The van der Waals surface area contributed by atoms with E-state index >= 15 is 0 Å². The Labute approximate surface area is 311 Å². The minimum absolute atomic E-state index is 1.10. The van der Waals surface area contributed by atoms with Gasteiger partial charge in [0, 0.05) is 27.6 Å². The Kier molecular flexibility index (Phi) is 8.21. The smallest absolute Gasteiger partial charge is 0.0562 e. The van der Waals surface area contributed by atoms with Gasteiger partial charge in [-0.2, -0.15) is 0 Å². The van der Waals surface area contributed by atoms with Gasteiger partial charge in [0.15, 0.2) is 0 Å². The van der Waals surface area contributed by atoms with Crippen molar-refractivity contribution in [3.63, 3.8) is 0 Å². The maximum Gasteiger partial charge on any atom is 0.0562 e. The average molecular weight is 681 g/mol. The summed E-state index contributed by atoms with van der Waals surface area (Å²) in [6.07, 6.45) is 0. The fraction of sp³-hybridized carbons (Fsp3) is 0.0588. The quantitative estimate of drug-likeness (QED) is 0.163. The van der Waals surface area contributed by atoms with E-state index in [4.69, 9.17) is 0 Å². The highest BCUT2D eigenvalue weighted by Crippen LogP contribution is 2.47. The highest BCUT2D eigenvalue weighted by atomic mass is 15.2. The van der Waals surface area contributed by atoms with Gasteiger partial charge in [-0.15, -0.1) is 0 Å². The third-order valence-electron chi connectivity index (χ3n) is 10.3. The summed E-state index contributed by atoms with van der Waals surface area (Å²) in [5, 5.41) is 2.43. The molecule has 0 spiro atoms. The van der Waals surface area contributed by atoms with E-state index in [2.05, 4.69) is 218 Å². The Bertz CT molecular complexity index is 2720. The molecule has 0 radical (unpaired) electrons. The molecule has 0 aliphatic rings. The van der Waals surface area contributed by atoms with Crippen LogP contribution >= 0.6 is 0 Å². The van der Waals surface area contributed by atoms with Gasteiger partial charge in [0.1, 0.15) is 0 Å². The van der Waals surface area contributed by atoms with Crippen LogP contribution in [-0.2, 0) is 0 Å². The molecule has 0 amide bonds. The zero-order valence-corrected chi connectivity index (χ0v) is 30.3. The lowest BCUT2D eigenvalue weighted by atomic mass is 9.97. The van der Waals surface area contributed by atoms with E-state index in [1.165, 1.54) is 77.6 Å². The van der Waals surface area contributed by atoms with Crippen LogP contribution in [0, 0.1) is 20.8 Å². The van der Waals surface area contributed by atoms with Crippen LogP contribution in [-0.4, -0.2) is 4.57 Å². The maximum atomic E-state index is 2.47. The first-order valence-electron chi connectivity index (χ1n) is 18.4. The Hall–Kier alpha value is -6.64. The number of nitrogens with zero attached hydrogens (tertiary/aromatic N) is 2. The van der Waals surface area contributed by atoms with Crippen molar-refractivity contribution in [1.29, 1.82) is 0 Å². The lowest BCUT2D eigenvalue weighted by Crippen LogP contribution is -2.11. The summed E-state index contributed by atoms with van der Waals surface area (Å²) >= 11 is 0. The van der Waals surface area contributed by atoms with Crippen LogP contribution in [0.3, 0.4) is 0 Å². The van der Waals surface area contributed by atoms with Gasteiger partial charge in [0.25, 0.3) is 0 Å². The lowest BCUT2D eigenvalue weighted by Gasteiger charge is -2.29. The predicted molar refractivity (Wildman–Crippen MR) is 226 cm³/mol. The minimum Gasteiger partial charge on any atom is -0.309 e. The normalized spacial score (nSPS) is 11.3. The Morgan fingerprint density at radius 1 is 0.377 bits per heavy atom. The summed E-state index contributed by atoms with van der Waals surface area (Å²) in [6, 6.07) is 68.5. The number of para-hydroxylation sites is 2. The minimum atomic E-state index is 1.10. The van der Waals surface area contributed by atoms with Gasteiger partial charge in [-0.1, -0.05) is 156 Å². The zero-order chi connectivity index (χ0) is 35.9. The van der Waals surface area contributed by atoms with Crippen molar-refractivity contribution in [3.05, 3.63) is 205 Å². The molecule has 9 rings (SSSR count). The molecule has 0 unspecified atom stereocenters. The molecule has 2 heteroatoms. The second kappa shape index (κ2) is 13.5. The van der Waals surface area contributed by atoms with Crippen LogP contribution in [0.15, 0.2) is 188 Å². The number of hydrogen-bond acceptors (Lipinski definition) is 1. The summed E-state index contributed by atoms with van der Waals surface area (Å²) in [5.41, 5.74) is 17.9. The highest BCUT2D eigenvalue weighted by Gasteiger charge is 2.24. The fourth-order valence-corrected chi connectivity index (χ4v) is 8.02. The van der Waals surface area contributed by atoms with Crippen LogP contribution in [0.25, 0.3) is 60.9 Å². The molecule has 9 aromatic rings. The number of fused-ring (bicyclic) bond motifs is 3. The SMILES string of the molecule is Cc1cc(C)cc(-c2cc(C)ccc2-n2c3ccccc3c3c(N(c4ccc(-c5ccccc5)cc4)c4ccccc4-c4ccccc4)cccc32)c1. The van der Waals surface area contributed by atoms with E-state index in [1.54, 1.807) is 0 Å². The Balaban J connectivity index is 1.33. The van der Waals surface area contributed by atoms with Gasteiger partial charge < -0.3 is 9.47 Å². The molecule has 8 aromatic carbocycles. The number of rotatable bonds is 7. The van der Waals surface area contributed by atoms with Gasteiger partial charge >= 0.3 is 0 Å². The first-order chi connectivity index (χ1) is 26.0. The standard InChI is InChI=1S/C51H40N2/c1-35-25-30-48(45(34-35)41-32-36(2)31-37(3)33-41)53-47-22-13-11-20-44(47)51-49(23-14-24-50(51)53)52(42-28-26-39(27-29-42)38-15-6-4-7-16-38)46-21-12-10-19-43(46)40-17-8-5-9-18-40/h4-34H,1-3H3. The van der Waals surface area contributed by atoms with Crippen LogP contribution in [0.2, 0.25) is 0 Å². The summed E-state index contributed by atoms with van der Waals surface area (Å²) in [7, 11) is 0. The fourth-order valence-electron chi connectivity index (χ4n) is 8.02. The van der Waals surface area contributed by atoms with Crippen LogP contribution < -0.4 is 4.90 Å². The van der Waals surface area contributed by atoms with Crippen molar-refractivity contribution in [2.75, 3.05) is 4.90 Å². The highest BCUT2D eigenvalue weighted by molar-refractivity contribution is 6.17. The molecule has 0 aliphatic carbocycles. The van der Waals surface area contributed by atoms with E-state index in [1.807, 2.05) is 0 Å². The Morgan fingerprint density at radius 2 is 0.981 bits per heavy atom. The van der Waals surface area contributed by atoms with Crippen molar-refractivity contribution < 1.29 is 0 Å². The van der Waals surface area contributed by atoms with Gasteiger partial charge in [0.2, 0.25) is 0 Å². The third-order valence-corrected chi connectivity index (χ3v) is 10.3. The molecule has 0 atom stereocenters. The first kappa shape index (κ1) is 32.3. The lowest BCUT2D eigenvalue weighted by molar-refractivity contribution is 1.17. The predicted octanol–water partition coefficient (Wildman–Crippen LogP) is 14.2. The van der Waals surface area contributed by atoms with Crippen molar-refractivity contribution in [1.82, 2.24) is 4.57 Å². The molecule has 1 heterocycles. The third kappa shape index (κ3) is 5.89. The van der Waals surface area contributed by atoms with Gasteiger partial charge in [-0.3, -0.25) is 0 Å². The molecule has 0 saturated heterocycles. The van der Waals surface area contributed by atoms with Crippen LogP contribution in [0.4, 0.5) is 17.1 Å². The Morgan fingerprint density at radius 3 is 1.74 bits per heavy atom. The number of hydrogen-bond donors (Lipinski definition) is 0. The van der Waals surface area contributed by atoms with E-state index in [0.717, 1.165) is 17.1 Å². The summed E-state index contributed by atoms with van der Waals surface area (Å²) in [4.78, 5) is 2.45. The monoisotopic (exact) mass is 680 g/mol. The molecule has 0 bridgehead atoms. The second-order valence-electron chi connectivity index (χ2n) is 14.1. The number of aryl methyl sites for hydroxylation is 3. The molecule has 0 aliphatic heterocycles. The van der Waals surface area contributed by atoms with Crippen LogP contribution in [0.1, 0.15) is 16.7 Å². The molecule has 53 heavy (non-hydrogen) atoms. The molecule has 2 nitrogen and oxygen atoms in total. The van der Waals surface area contributed by atoms with Crippen molar-refractivity contribution in [2.45, 2.75) is 20.8 Å². The van der Waals surface area contributed by atoms with Gasteiger partial charge in [0.05, 0.1) is 28.1 Å². The largest absolute Gasteiger partial charge is 0.309 e.